The molecule has 90 valence electrons. The summed E-state index contributed by atoms with van der Waals surface area (Å²) >= 11 is 11.7. The molecule has 0 aliphatic carbocycles. The largest absolute Gasteiger partial charge is 0.261 e. The molecule has 2 aromatic heterocycles. The van der Waals surface area contributed by atoms with E-state index in [1.165, 1.54) is 4.88 Å². The molecule has 0 amide bonds. The second-order valence-corrected chi connectivity index (χ2v) is 6.32. The Morgan fingerprint density at radius 1 is 1.41 bits per heavy atom. The normalized spacial score (nSPS) is 14.6. The highest BCUT2D eigenvalue weighted by Crippen LogP contribution is 2.44. The Morgan fingerprint density at radius 2 is 2.18 bits per heavy atom. The quantitative estimate of drug-likeness (QED) is 0.692. The van der Waals surface area contributed by atoms with Gasteiger partial charge < -0.3 is 0 Å². The summed E-state index contributed by atoms with van der Waals surface area (Å²) in [7, 11) is 0. The van der Waals surface area contributed by atoms with Crippen LogP contribution in [-0.4, -0.2) is 4.98 Å². The molecule has 0 saturated heterocycles. The summed E-state index contributed by atoms with van der Waals surface area (Å²) in [6.45, 7) is 4.20. The first-order valence-corrected chi connectivity index (χ1v) is 7.57. The number of nitrogens with zero attached hydrogens (tertiary/aromatic N) is 1. The van der Waals surface area contributed by atoms with Crippen LogP contribution in [0.25, 0.3) is 0 Å². The molecule has 0 N–H and O–H groups in total. The first-order valence-electron chi connectivity index (χ1n) is 5.39. The molecule has 2 heterocycles. The molecule has 0 aliphatic rings. The second-order valence-electron chi connectivity index (χ2n) is 4.04. The molecule has 0 aliphatic heterocycles. The lowest BCUT2D eigenvalue weighted by molar-refractivity contribution is 0.732. The molecule has 17 heavy (non-hydrogen) atoms. The number of pyridine rings is 1. The molecule has 0 spiro atoms. The van der Waals surface area contributed by atoms with Gasteiger partial charge in [-0.1, -0.05) is 40.5 Å². The van der Waals surface area contributed by atoms with Crippen LogP contribution in [0.4, 0.5) is 0 Å². The summed E-state index contributed by atoms with van der Waals surface area (Å²) in [6.07, 6.45) is 1.83. The van der Waals surface area contributed by atoms with Crippen molar-refractivity contribution in [1.29, 1.82) is 0 Å². The number of halogens is 2. The van der Waals surface area contributed by atoms with Gasteiger partial charge in [0, 0.05) is 22.7 Å². The Balaban J connectivity index is 2.26. The Hall–Kier alpha value is -0.380. The lowest BCUT2D eigenvalue weighted by Crippen LogP contribution is -2.03. The van der Waals surface area contributed by atoms with E-state index in [9.17, 15) is 0 Å². The number of alkyl halides is 1. The van der Waals surface area contributed by atoms with Gasteiger partial charge in [-0.25, -0.2) is 0 Å². The summed E-state index contributed by atoms with van der Waals surface area (Å²) < 4.78 is 0. The highest BCUT2D eigenvalue weighted by Gasteiger charge is 2.23. The van der Waals surface area contributed by atoms with Crippen molar-refractivity contribution in [1.82, 2.24) is 4.98 Å². The molecule has 0 aromatic carbocycles. The van der Waals surface area contributed by atoms with Crippen LogP contribution in [0.2, 0.25) is 5.02 Å². The van der Waals surface area contributed by atoms with E-state index in [0.29, 0.717) is 5.92 Å². The number of rotatable bonds is 3. The first kappa shape index (κ1) is 13.1. The molecule has 0 fully saturated rings. The van der Waals surface area contributed by atoms with Crippen molar-refractivity contribution in [2.24, 2.45) is 0 Å². The van der Waals surface area contributed by atoms with Gasteiger partial charge in [0.1, 0.15) is 0 Å². The Kier molecular flexibility index (Phi) is 4.23. The SMILES string of the molecule is Cc1csc(C(Br)C(C)c2ccccn2)c1Cl. The summed E-state index contributed by atoms with van der Waals surface area (Å²) in [5, 5.41) is 2.97. The van der Waals surface area contributed by atoms with Gasteiger partial charge in [0.2, 0.25) is 0 Å². The molecule has 2 unspecified atom stereocenters. The second kappa shape index (κ2) is 5.51. The number of thiophene rings is 1. The third-order valence-corrected chi connectivity index (χ3v) is 6.12. The van der Waals surface area contributed by atoms with E-state index in [2.05, 4.69) is 33.2 Å². The zero-order chi connectivity index (χ0) is 12.4. The molecule has 4 heteroatoms. The van der Waals surface area contributed by atoms with Crippen molar-refractivity contribution in [2.45, 2.75) is 24.6 Å². The zero-order valence-electron chi connectivity index (χ0n) is 9.65. The number of hydrogen-bond donors (Lipinski definition) is 0. The topological polar surface area (TPSA) is 12.9 Å². The zero-order valence-corrected chi connectivity index (χ0v) is 12.8. The molecular weight excluding hydrogens is 318 g/mol. The third-order valence-electron chi connectivity index (χ3n) is 2.77. The lowest BCUT2D eigenvalue weighted by atomic mass is 10.0. The summed E-state index contributed by atoms with van der Waals surface area (Å²) in [6, 6.07) is 5.99. The van der Waals surface area contributed by atoms with Crippen LogP contribution < -0.4 is 0 Å². The van der Waals surface area contributed by atoms with E-state index >= 15 is 0 Å². The van der Waals surface area contributed by atoms with Crippen molar-refractivity contribution in [2.75, 3.05) is 0 Å². The van der Waals surface area contributed by atoms with Crippen LogP contribution in [0.15, 0.2) is 29.8 Å². The van der Waals surface area contributed by atoms with Gasteiger partial charge in [-0.2, -0.15) is 0 Å². The van der Waals surface area contributed by atoms with Crippen molar-refractivity contribution >= 4 is 38.9 Å². The smallest absolute Gasteiger partial charge is 0.0585 e. The minimum Gasteiger partial charge on any atom is -0.261 e. The van der Waals surface area contributed by atoms with Crippen LogP contribution in [0.3, 0.4) is 0 Å². The standard InChI is InChI=1S/C13H13BrClNS/c1-8-7-17-13(12(8)15)11(14)9(2)10-5-3-4-6-16-10/h3-7,9,11H,1-2H3. The minimum atomic E-state index is 0.212. The minimum absolute atomic E-state index is 0.212. The average molecular weight is 331 g/mol. The van der Waals surface area contributed by atoms with E-state index in [-0.39, 0.29) is 4.83 Å². The predicted octanol–water partition coefficient (Wildman–Crippen LogP) is 5.34. The van der Waals surface area contributed by atoms with Crippen molar-refractivity contribution in [3.8, 4) is 0 Å². The van der Waals surface area contributed by atoms with Gasteiger partial charge >= 0.3 is 0 Å². The fraction of sp³-hybridized carbons (Fsp3) is 0.308. The molecule has 2 atom stereocenters. The maximum absolute atomic E-state index is 6.30. The van der Waals surface area contributed by atoms with E-state index in [4.69, 9.17) is 11.6 Å². The molecule has 2 rings (SSSR count). The van der Waals surface area contributed by atoms with Gasteiger partial charge in [0.25, 0.3) is 0 Å². The fourth-order valence-corrected chi connectivity index (χ4v) is 4.00. The molecule has 1 nitrogen and oxygen atoms in total. The average Bonchev–Trinajstić information content (AvgIpc) is 2.69. The Bertz CT molecular complexity index is 497. The van der Waals surface area contributed by atoms with Gasteiger partial charge in [-0.05, 0) is 30.0 Å². The van der Waals surface area contributed by atoms with Crippen molar-refractivity contribution in [3.63, 3.8) is 0 Å². The summed E-state index contributed by atoms with van der Waals surface area (Å²) in [5.74, 6) is 0.298. The molecule has 0 bridgehead atoms. The molecule has 0 saturated carbocycles. The predicted molar refractivity (Wildman–Crippen MR) is 78.4 cm³/mol. The maximum Gasteiger partial charge on any atom is 0.0585 e. The van der Waals surface area contributed by atoms with Gasteiger partial charge in [-0.3, -0.25) is 4.98 Å². The van der Waals surface area contributed by atoms with Crippen LogP contribution in [0.5, 0.6) is 0 Å². The van der Waals surface area contributed by atoms with Crippen LogP contribution in [0, 0.1) is 6.92 Å². The van der Waals surface area contributed by atoms with Crippen LogP contribution in [0.1, 0.15) is 33.8 Å². The maximum atomic E-state index is 6.30. The Morgan fingerprint density at radius 3 is 2.71 bits per heavy atom. The van der Waals surface area contributed by atoms with E-state index in [1.807, 2.05) is 31.3 Å². The molecule has 2 aromatic rings. The monoisotopic (exact) mass is 329 g/mol. The lowest BCUT2D eigenvalue weighted by Gasteiger charge is -2.17. The number of aromatic nitrogens is 1. The highest BCUT2D eigenvalue weighted by molar-refractivity contribution is 9.09. The van der Waals surface area contributed by atoms with Crippen LogP contribution in [-0.2, 0) is 0 Å². The highest BCUT2D eigenvalue weighted by atomic mass is 79.9. The van der Waals surface area contributed by atoms with Gasteiger partial charge in [0.15, 0.2) is 0 Å². The van der Waals surface area contributed by atoms with E-state index in [0.717, 1.165) is 16.3 Å². The van der Waals surface area contributed by atoms with Crippen molar-refractivity contribution < 1.29 is 0 Å². The number of hydrogen-bond acceptors (Lipinski definition) is 2. The van der Waals surface area contributed by atoms with Crippen LogP contribution >= 0.6 is 38.9 Å². The third kappa shape index (κ3) is 2.72. The van der Waals surface area contributed by atoms with Gasteiger partial charge in [-0.15, -0.1) is 11.3 Å². The molecular formula is C13H13BrClNS. The number of aryl methyl sites for hydroxylation is 1. The Labute approximate surface area is 119 Å². The first-order chi connectivity index (χ1) is 8.11. The van der Waals surface area contributed by atoms with Gasteiger partial charge in [0.05, 0.1) is 9.85 Å². The summed E-state index contributed by atoms with van der Waals surface area (Å²) in [5.41, 5.74) is 2.22. The summed E-state index contributed by atoms with van der Waals surface area (Å²) in [4.78, 5) is 5.79. The fourth-order valence-electron chi connectivity index (χ4n) is 1.66. The van der Waals surface area contributed by atoms with E-state index < -0.39 is 0 Å². The molecule has 0 radical (unpaired) electrons. The van der Waals surface area contributed by atoms with E-state index in [1.54, 1.807) is 11.3 Å². The van der Waals surface area contributed by atoms with Crippen molar-refractivity contribution in [3.05, 3.63) is 50.9 Å².